The number of carbonyl (C=O) groups is 4. The minimum atomic E-state index is -1.47. The Kier molecular flexibility index (Phi) is 9.27. The SMILES string of the molecule is CCCC(=O)OCC[C@@](N)(Cc1ccc(OC(C)=O)c(OC(C)=O)c1)C(=O)OC. The van der Waals surface area contributed by atoms with Crippen molar-refractivity contribution >= 4 is 23.9 Å². The minimum Gasteiger partial charge on any atom is -0.468 e. The van der Waals surface area contributed by atoms with Crippen LogP contribution < -0.4 is 15.2 Å². The molecule has 0 bridgehead atoms. The normalized spacial score (nSPS) is 12.4. The first-order chi connectivity index (χ1) is 13.6. The van der Waals surface area contributed by atoms with Crippen LogP contribution in [0.3, 0.4) is 0 Å². The Bertz CT molecular complexity index is 761. The molecular formula is C20H27NO8. The van der Waals surface area contributed by atoms with Gasteiger partial charge in [0.05, 0.1) is 13.7 Å². The summed E-state index contributed by atoms with van der Waals surface area (Å²) in [6, 6.07) is 4.47. The monoisotopic (exact) mass is 409 g/mol. The largest absolute Gasteiger partial charge is 0.468 e. The van der Waals surface area contributed by atoms with Gasteiger partial charge in [0.15, 0.2) is 11.5 Å². The van der Waals surface area contributed by atoms with Gasteiger partial charge in [-0.2, -0.15) is 0 Å². The average Bonchev–Trinajstić information content (AvgIpc) is 2.62. The van der Waals surface area contributed by atoms with E-state index < -0.39 is 23.4 Å². The first-order valence-electron chi connectivity index (χ1n) is 9.14. The van der Waals surface area contributed by atoms with E-state index in [0.717, 1.165) is 0 Å². The van der Waals surface area contributed by atoms with Crippen LogP contribution in [0.1, 0.15) is 45.6 Å². The Morgan fingerprint density at radius 2 is 1.66 bits per heavy atom. The molecular weight excluding hydrogens is 382 g/mol. The second-order valence-electron chi connectivity index (χ2n) is 6.51. The zero-order valence-electron chi connectivity index (χ0n) is 17.1. The maximum absolute atomic E-state index is 12.3. The van der Waals surface area contributed by atoms with Crippen molar-refractivity contribution in [2.45, 2.75) is 52.0 Å². The first-order valence-corrected chi connectivity index (χ1v) is 9.14. The van der Waals surface area contributed by atoms with E-state index in [1.165, 1.54) is 33.1 Å². The molecule has 0 unspecified atom stereocenters. The topological polar surface area (TPSA) is 131 Å². The third-order valence-electron chi connectivity index (χ3n) is 3.89. The van der Waals surface area contributed by atoms with Crippen LogP contribution in [0.4, 0.5) is 0 Å². The van der Waals surface area contributed by atoms with Gasteiger partial charge >= 0.3 is 23.9 Å². The standard InChI is InChI=1S/C20H27NO8/c1-5-6-18(24)27-10-9-20(21,19(25)26-4)12-15-7-8-16(28-13(2)22)17(11-15)29-14(3)23/h7-8,11H,5-6,9-10,12,21H2,1-4H3/t20-/m1/s1. The molecule has 1 aromatic carbocycles. The molecule has 1 atom stereocenters. The molecule has 9 heteroatoms. The molecule has 1 aromatic rings. The zero-order valence-corrected chi connectivity index (χ0v) is 17.1. The van der Waals surface area contributed by atoms with E-state index in [-0.39, 0.29) is 43.3 Å². The van der Waals surface area contributed by atoms with Crippen LogP contribution in [-0.2, 0) is 35.1 Å². The summed E-state index contributed by atoms with van der Waals surface area (Å²) in [5, 5.41) is 0. The lowest BCUT2D eigenvalue weighted by Gasteiger charge is -2.26. The summed E-state index contributed by atoms with van der Waals surface area (Å²) in [5.41, 5.74) is 5.31. The second-order valence-corrected chi connectivity index (χ2v) is 6.51. The highest BCUT2D eigenvalue weighted by Gasteiger charge is 2.36. The highest BCUT2D eigenvalue weighted by Crippen LogP contribution is 2.30. The van der Waals surface area contributed by atoms with E-state index >= 15 is 0 Å². The van der Waals surface area contributed by atoms with Crippen LogP contribution in [0.15, 0.2) is 18.2 Å². The van der Waals surface area contributed by atoms with Gasteiger partial charge in [-0.1, -0.05) is 13.0 Å². The van der Waals surface area contributed by atoms with Gasteiger partial charge < -0.3 is 24.7 Å². The average molecular weight is 409 g/mol. The fourth-order valence-electron chi connectivity index (χ4n) is 2.59. The van der Waals surface area contributed by atoms with Gasteiger partial charge in [-0.3, -0.25) is 19.2 Å². The molecule has 0 aromatic heterocycles. The Morgan fingerprint density at radius 1 is 1.03 bits per heavy atom. The predicted octanol–water partition coefficient (Wildman–Crippen LogP) is 1.68. The van der Waals surface area contributed by atoms with E-state index in [4.69, 9.17) is 24.7 Å². The maximum Gasteiger partial charge on any atom is 0.326 e. The smallest absolute Gasteiger partial charge is 0.326 e. The molecule has 1 rings (SSSR count). The summed E-state index contributed by atoms with van der Waals surface area (Å²) in [4.78, 5) is 46.4. The lowest BCUT2D eigenvalue weighted by molar-refractivity contribution is -0.151. The minimum absolute atomic E-state index is 0.0135. The van der Waals surface area contributed by atoms with Gasteiger partial charge in [-0.15, -0.1) is 0 Å². The highest BCUT2D eigenvalue weighted by molar-refractivity contribution is 5.81. The summed E-state index contributed by atoms with van der Waals surface area (Å²) in [6.45, 7) is 4.22. The van der Waals surface area contributed by atoms with E-state index in [1.807, 2.05) is 6.92 Å². The lowest BCUT2D eigenvalue weighted by atomic mass is 9.88. The fourth-order valence-corrected chi connectivity index (χ4v) is 2.59. The molecule has 9 nitrogen and oxygen atoms in total. The van der Waals surface area contributed by atoms with Crippen LogP contribution in [-0.4, -0.2) is 43.1 Å². The first kappa shape index (κ1) is 24.1. The molecule has 0 aliphatic rings. The quantitative estimate of drug-likeness (QED) is 0.453. The number of carbonyl (C=O) groups excluding carboxylic acids is 4. The molecule has 0 radical (unpaired) electrons. The summed E-state index contributed by atoms with van der Waals surface area (Å²) >= 11 is 0. The van der Waals surface area contributed by atoms with Crippen molar-refractivity contribution in [2.24, 2.45) is 5.73 Å². The number of nitrogens with two attached hydrogens (primary N) is 1. The third kappa shape index (κ3) is 7.90. The summed E-state index contributed by atoms with van der Waals surface area (Å²) in [6.07, 6.45) is 0.972. The molecule has 0 amide bonds. The molecule has 0 saturated heterocycles. The number of hydrogen-bond donors (Lipinski definition) is 1. The Balaban J connectivity index is 3.05. The van der Waals surface area contributed by atoms with Crippen LogP contribution in [0.5, 0.6) is 11.5 Å². The Morgan fingerprint density at radius 3 is 2.21 bits per heavy atom. The number of methoxy groups -OCH3 is 1. The van der Waals surface area contributed by atoms with Crippen LogP contribution in [0.25, 0.3) is 0 Å². The van der Waals surface area contributed by atoms with Crippen molar-refractivity contribution in [1.82, 2.24) is 0 Å². The number of ether oxygens (including phenoxy) is 4. The van der Waals surface area contributed by atoms with Gasteiger partial charge in [-0.05, 0) is 24.1 Å². The molecule has 29 heavy (non-hydrogen) atoms. The van der Waals surface area contributed by atoms with Gasteiger partial charge in [-0.25, -0.2) is 0 Å². The summed E-state index contributed by atoms with van der Waals surface area (Å²) in [5.74, 6) is -2.16. The van der Waals surface area contributed by atoms with Crippen LogP contribution in [0, 0.1) is 0 Å². The van der Waals surface area contributed by atoms with Gasteiger partial charge in [0, 0.05) is 33.1 Å². The van der Waals surface area contributed by atoms with Crippen LogP contribution >= 0.6 is 0 Å². The molecule has 0 heterocycles. The van der Waals surface area contributed by atoms with Crippen LogP contribution in [0.2, 0.25) is 0 Å². The molecule has 0 spiro atoms. The fraction of sp³-hybridized carbons (Fsp3) is 0.500. The maximum atomic E-state index is 12.3. The van der Waals surface area contributed by atoms with Crippen molar-refractivity contribution in [3.05, 3.63) is 23.8 Å². The zero-order chi connectivity index (χ0) is 22.0. The van der Waals surface area contributed by atoms with E-state index in [9.17, 15) is 19.2 Å². The van der Waals surface area contributed by atoms with E-state index in [2.05, 4.69) is 0 Å². The molecule has 0 saturated carbocycles. The van der Waals surface area contributed by atoms with Crippen molar-refractivity contribution < 1.29 is 38.1 Å². The summed E-state index contributed by atoms with van der Waals surface area (Å²) in [7, 11) is 1.21. The van der Waals surface area contributed by atoms with Crippen molar-refractivity contribution in [3.63, 3.8) is 0 Å². The molecule has 0 aliphatic carbocycles. The number of esters is 4. The van der Waals surface area contributed by atoms with Gasteiger partial charge in [0.1, 0.15) is 5.54 Å². The number of rotatable bonds is 10. The highest BCUT2D eigenvalue weighted by atomic mass is 16.6. The van der Waals surface area contributed by atoms with Gasteiger partial charge in [0.25, 0.3) is 0 Å². The molecule has 160 valence electrons. The molecule has 2 N–H and O–H groups in total. The van der Waals surface area contributed by atoms with Crippen molar-refractivity contribution in [2.75, 3.05) is 13.7 Å². The molecule has 0 aliphatic heterocycles. The Labute approximate surface area is 169 Å². The van der Waals surface area contributed by atoms with Crippen molar-refractivity contribution in [3.8, 4) is 11.5 Å². The van der Waals surface area contributed by atoms with Gasteiger partial charge in [0.2, 0.25) is 0 Å². The number of benzene rings is 1. The molecule has 0 fully saturated rings. The van der Waals surface area contributed by atoms with E-state index in [0.29, 0.717) is 12.0 Å². The summed E-state index contributed by atoms with van der Waals surface area (Å²) < 4.78 is 20.0. The third-order valence-corrected chi connectivity index (χ3v) is 3.89. The van der Waals surface area contributed by atoms with E-state index in [1.54, 1.807) is 6.07 Å². The Hall–Kier alpha value is -2.94. The van der Waals surface area contributed by atoms with Crippen molar-refractivity contribution in [1.29, 1.82) is 0 Å². The second kappa shape index (κ2) is 11.2. The lowest BCUT2D eigenvalue weighted by Crippen LogP contribution is -2.51. The predicted molar refractivity (Wildman–Crippen MR) is 102 cm³/mol. The number of hydrogen-bond acceptors (Lipinski definition) is 9.